The second-order valence-electron chi connectivity index (χ2n) is 6.07. The summed E-state index contributed by atoms with van der Waals surface area (Å²) in [6, 6.07) is 17.8. The molecule has 0 saturated heterocycles. The highest BCUT2D eigenvalue weighted by molar-refractivity contribution is 5.98. The molecule has 0 heterocycles. The minimum Gasteiger partial charge on any atom is -0.369 e. The van der Waals surface area contributed by atoms with Crippen molar-refractivity contribution in [1.29, 1.82) is 0 Å². The quantitative estimate of drug-likeness (QED) is 0.341. The maximum absolute atomic E-state index is 11.2. The third-order valence-electron chi connectivity index (χ3n) is 4.42. The molecule has 3 aromatic carbocycles. The van der Waals surface area contributed by atoms with Crippen molar-refractivity contribution in [2.24, 2.45) is 16.1 Å². The molecule has 0 aliphatic rings. The van der Waals surface area contributed by atoms with Crippen LogP contribution in [0.3, 0.4) is 0 Å². The highest BCUT2D eigenvalue weighted by Gasteiger charge is 2.13. The van der Waals surface area contributed by atoms with Gasteiger partial charge < -0.3 is 9.74 Å². The molecule has 0 aliphatic carbocycles. The van der Waals surface area contributed by atoms with Crippen LogP contribution in [0.4, 0.5) is 22.7 Å². The second-order valence-corrected chi connectivity index (χ2v) is 6.07. The van der Waals surface area contributed by atoms with Gasteiger partial charge in [0.2, 0.25) is 0 Å². The predicted octanol–water partition coefficient (Wildman–Crippen LogP) is 4.88. The van der Waals surface area contributed by atoms with Crippen molar-refractivity contribution in [3.63, 3.8) is 0 Å². The standard InChI is InChI=1S/C20H21N5O3/c1-2-24(13-14-28-21)16-9-7-15(8-10-16)22-23-19-11-12-20(25(26)27)18-6-4-3-5-17(18)19/h3-12H,2,13-14,21H2,1H3/b23-22+. The van der Waals surface area contributed by atoms with Crippen molar-refractivity contribution in [2.45, 2.75) is 6.92 Å². The lowest BCUT2D eigenvalue weighted by molar-refractivity contribution is -0.383. The highest BCUT2D eigenvalue weighted by Crippen LogP contribution is 2.34. The lowest BCUT2D eigenvalue weighted by Crippen LogP contribution is -2.27. The molecule has 2 N–H and O–H groups in total. The normalized spacial score (nSPS) is 11.2. The van der Waals surface area contributed by atoms with E-state index in [-0.39, 0.29) is 5.69 Å². The summed E-state index contributed by atoms with van der Waals surface area (Å²) in [6.45, 7) is 4.04. The molecule has 3 rings (SSSR count). The van der Waals surface area contributed by atoms with Crippen LogP contribution in [0, 0.1) is 10.1 Å². The van der Waals surface area contributed by atoms with Crippen LogP contribution in [-0.4, -0.2) is 24.6 Å². The number of benzene rings is 3. The first-order valence-corrected chi connectivity index (χ1v) is 8.88. The highest BCUT2D eigenvalue weighted by atomic mass is 16.6. The first-order chi connectivity index (χ1) is 13.6. The Bertz CT molecular complexity index is 989. The molecule has 3 aromatic rings. The fourth-order valence-electron chi connectivity index (χ4n) is 2.99. The molecule has 144 valence electrons. The van der Waals surface area contributed by atoms with Gasteiger partial charge in [-0.05, 0) is 43.3 Å². The van der Waals surface area contributed by atoms with Gasteiger partial charge in [-0.2, -0.15) is 5.11 Å². The fraction of sp³-hybridized carbons (Fsp3) is 0.200. The zero-order chi connectivity index (χ0) is 19.9. The molecule has 0 bridgehead atoms. The zero-order valence-corrected chi connectivity index (χ0v) is 15.5. The molecule has 0 spiro atoms. The fourth-order valence-corrected chi connectivity index (χ4v) is 2.99. The van der Waals surface area contributed by atoms with Gasteiger partial charge in [-0.1, -0.05) is 18.2 Å². The maximum Gasteiger partial charge on any atom is 0.277 e. The second kappa shape index (κ2) is 9.03. The summed E-state index contributed by atoms with van der Waals surface area (Å²) in [6.07, 6.45) is 0. The molecular weight excluding hydrogens is 358 g/mol. The van der Waals surface area contributed by atoms with Crippen LogP contribution in [0.5, 0.6) is 0 Å². The summed E-state index contributed by atoms with van der Waals surface area (Å²) in [4.78, 5) is 17.6. The average Bonchev–Trinajstić information content (AvgIpc) is 2.73. The molecule has 8 nitrogen and oxygen atoms in total. The number of nitro benzene ring substituents is 1. The molecule has 0 aromatic heterocycles. The van der Waals surface area contributed by atoms with Crippen LogP contribution >= 0.6 is 0 Å². The number of rotatable bonds is 8. The number of hydrogen-bond donors (Lipinski definition) is 1. The topological polar surface area (TPSA) is 106 Å². The van der Waals surface area contributed by atoms with Crippen LogP contribution < -0.4 is 10.8 Å². The van der Waals surface area contributed by atoms with Crippen molar-refractivity contribution in [1.82, 2.24) is 0 Å². The van der Waals surface area contributed by atoms with E-state index in [0.29, 0.717) is 35.3 Å². The van der Waals surface area contributed by atoms with E-state index in [1.165, 1.54) is 6.07 Å². The van der Waals surface area contributed by atoms with Crippen molar-refractivity contribution < 1.29 is 9.76 Å². The van der Waals surface area contributed by atoms with E-state index in [1.807, 2.05) is 30.3 Å². The maximum atomic E-state index is 11.2. The number of fused-ring (bicyclic) bond motifs is 1. The van der Waals surface area contributed by atoms with E-state index >= 15 is 0 Å². The number of hydrogen-bond acceptors (Lipinski definition) is 7. The van der Waals surface area contributed by atoms with Gasteiger partial charge in [0.15, 0.2) is 0 Å². The zero-order valence-electron chi connectivity index (χ0n) is 15.5. The third-order valence-corrected chi connectivity index (χ3v) is 4.42. The van der Waals surface area contributed by atoms with Gasteiger partial charge in [0.05, 0.1) is 28.3 Å². The number of likely N-dealkylation sites (N-methyl/N-ethyl adjacent to an activating group) is 1. The summed E-state index contributed by atoms with van der Waals surface area (Å²) in [5.74, 6) is 5.10. The third kappa shape index (κ3) is 4.30. The van der Waals surface area contributed by atoms with Gasteiger partial charge >= 0.3 is 0 Å². The van der Waals surface area contributed by atoms with Gasteiger partial charge in [0.1, 0.15) is 0 Å². The van der Waals surface area contributed by atoms with E-state index in [9.17, 15) is 10.1 Å². The molecule has 0 amide bonds. The van der Waals surface area contributed by atoms with E-state index in [0.717, 1.165) is 12.2 Å². The molecule has 28 heavy (non-hydrogen) atoms. The van der Waals surface area contributed by atoms with Crippen LogP contribution in [0.15, 0.2) is 70.9 Å². The Hall–Kier alpha value is -3.36. The van der Waals surface area contributed by atoms with Crippen LogP contribution in [-0.2, 0) is 4.84 Å². The van der Waals surface area contributed by atoms with Gasteiger partial charge in [-0.15, -0.1) is 5.11 Å². The number of nitrogens with zero attached hydrogens (tertiary/aromatic N) is 4. The Morgan fingerprint density at radius 2 is 1.75 bits per heavy atom. The minimum absolute atomic E-state index is 0.0556. The minimum atomic E-state index is -0.392. The monoisotopic (exact) mass is 379 g/mol. The van der Waals surface area contributed by atoms with E-state index in [2.05, 4.69) is 26.9 Å². The Kier molecular flexibility index (Phi) is 6.25. The smallest absolute Gasteiger partial charge is 0.277 e. The van der Waals surface area contributed by atoms with Gasteiger partial charge in [-0.25, -0.2) is 5.90 Å². The molecule has 0 atom stereocenters. The Morgan fingerprint density at radius 1 is 1.04 bits per heavy atom. The van der Waals surface area contributed by atoms with E-state index in [4.69, 9.17) is 5.90 Å². The van der Waals surface area contributed by atoms with E-state index in [1.54, 1.807) is 24.3 Å². The largest absolute Gasteiger partial charge is 0.369 e. The predicted molar refractivity (Wildman–Crippen MR) is 109 cm³/mol. The first-order valence-electron chi connectivity index (χ1n) is 8.88. The summed E-state index contributed by atoms with van der Waals surface area (Å²) in [7, 11) is 0. The number of nitrogens with two attached hydrogens (primary N) is 1. The lowest BCUT2D eigenvalue weighted by Gasteiger charge is -2.22. The molecule has 0 fully saturated rings. The molecule has 0 radical (unpaired) electrons. The Labute approximate surface area is 162 Å². The van der Waals surface area contributed by atoms with Crippen LogP contribution in [0.1, 0.15) is 6.92 Å². The first kappa shape index (κ1) is 19.4. The molecular formula is C20H21N5O3. The SMILES string of the molecule is CCN(CCON)c1ccc(/N=N/c2ccc([N+](=O)[O-])c3ccccc23)cc1. The lowest BCUT2D eigenvalue weighted by atomic mass is 10.1. The number of anilines is 1. The van der Waals surface area contributed by atoms with Gasteiger partial charge in [0, 0.05) is 30.2 Å². The van der Waals surface area contributed by atoms with Crippen LogP contribution in [0.25, 0.3) is 10.8 Å². The molecule has 0 aliphatic heterocycles. The van der Waals surface area contributed by atoms with Gasteiger partial charge in [0.25, 0.3) is 5.69 Å². The van der Waals surface area contributed by atoms with Crippen molar-refractivity contribution in [2.75, 3.05) is 24.6 Å². The Morgan fingerprint density at radius 3 is 2.39 bits per heavy atom. The summed E-state index contributed by atoms with van der Waals surface area (Å²) in [5, 5.41) is 21.0. The summed E-state index contributed by atoms with van der Waals surface area (Å²) in [5.41, 5.74) is 2.37. The van der Waals surface area contributed by atoms with Crippen LogP contribution in [0.2, 0.25) is 0 Å². The van der Waals surface area contributed by atoms with Crippen molar-refractivity contribution in [3.8, 4) is 0 Å². The average molecular weight is 379 g/mol. The van der Waals surface area contributed by atoms with Crippen molar-refractivity contribution in [3.05, 3.63) is 70.8 Å². The number of nitro groups is 1. The van der Waals surface area contributed by atoms with E-state index < -0.39 is 4.92 Å². The van der Waals surface area contributed by atoms with Gasteiger partial charge in [-0.3, -0.25) is 10.1 Å². The summed E-state index contributed by atoms with van der Waals surface area (Å²) >= 11 is 0. The molecule has 0 unspecified atom stereocenters. The molecule has 0 saturated carbocycles. The number of azo groups is 1. The summed E-state index contributed by atoms with van der Waals surface area (Å²) < 4.78 is 0. The van der Waals surface area contributed by atoms with Crippen molar-refractivity contribution >= 4 is 33.5 Å². The number of non-ortho nitro benzene ring substituents is 1. The molecule has 8 heteroatoms. The Balaban J connectivity index is 1.84.